The van der Waals surface area contributed by atoms with Crippen LogP contribution >= 0.6 is 0 Å². The predicted octanol–water partition coefficient (Wildman–Crippen LogP) is 5.16. The maximum absolute atomic E-state index is 13.2. The number of carbonyl (C=O) groups excluding carboxylic acids is 1. The van der Waals surface area contributed by atoms with Gasteiger partial charge >= 0.3 is 0 Å². The van der Waals surface area contributed by atoms with Crippen LogP contribution in [0.1, 0.15) is 28.4 Å². The molecule has 3 aromatic rings. The van der Waals surface area contributed by atoms with Crippen molar-refractivity contribution in [2.24, 2.45) is 0 Å². The van der Waals surface area contributed by atoms with E-state index in [0.29, 0.717) is 11.3 Å². The summed E-state index contributed by atoms with van der Waals surface area (Å²) in [5.41, 5.74) is 1.95. The standard InChI is InChI=1S/C21H17FN2O3/c22-17-8-10-18(11-9-17)23-20(14-21(25)16-4-2-1-3-5-16)15-6-12-19(13-7-15)24(26)27/h1-13,20,23H,14H2. The van der Waals surface area contributed by atoms with E-state index in [1.807, 2.05) is 6.07 Å². The van der Waals surface area contributed by atoms with E-state index >= 15 is 0 Å². The zero-order valence-electron chi connectivity index (χ0n) is 14.3. The van der Waals surface area contributed by atoms with E-state index in [2.05, 4.69) is 5.32 Å². The average molecular weight is 364 g/mol. The Labute approximate surface area is 155 Å². The second-order valence-corrected chi connectivity index (χ2v) is 6.05. The zero-order valence-corrected chi connectivity index (χ0v) is 14.3. The van der Waals surface area contributed by atoms with Crippen LogP contribution in [0.2, 0.25) is 0 Å². The highest BCUT2D eigenvalue weighted by atomic mass is 19.1. The minimum atomic E-state index is -0.471. The molecule has 0 saturated carbocycles. The number of Topliss-reactive ketones (excluding diaryl/α,β-unsaturated/α-hetero) is 1. The van der Waals surface area contributed by atoms with Crippen molar-refractivity contribution in [3.8, 4) is 0 Å². The molecular weight excluding hydrogens is 347 g/mol. The molecule has 3 aromatic carbocycles. The van der Waals surface area contributed by atoms with Gasteiger partial charge in [0.05, 0.1) is 11.0 Å². The lowest BCUT2D eigenvalue weighted by Gasteiger charge is -2.20. The van der Waals surface area contributed by atoms with Gasteiger partial charge < -0.3 is 5.32 Å². The molecule has 1 atom stereocenters. The van der Waals surface area contributed by atoms with Crippen molar-refractivity contribution in [1.82, 2.24) is 0 Å². The molecule has 0 saturated heterocycles. The van der Waals surface area contributed by atoms with Gasteiger partial charge in [0.1, 0.15) is 5.82 Å². The Morgan fingerprint density at radius 2 is 1.59 bits per heavy atom. The molecule has 1 N–H and O–H groups in total. The number of nitrogens with zero attached hydrogens (tertiary/aromatic N) is 1. The monoisotopic (exact) mass is 364 g/mol. The molecule has 27 heavy (non-hydrogen) atoms. The molecular formula is C21H17FN2O3. The number of anilines is 1. The lowest BCUT2D eigenvalue weighted by atomic mass is 9.97. The fraction of sp³-hybridized carbons (Fsp3) is 0.0952. The Morgan fingerprint density at radius 3 is 2.19 bits per heavy atom. The zero-order chi connectivity index (χ0) is 19.2. The van der Waals surface area contributed by atoms with Gasteiger partial charge in [0.2, 0.25) is 0 Å². The summed E-state index contributed by atoms with van der Waals surface area (Å²) in [5.74, 6) is -0.415. The smallest absolute Gasteiger partial charge is 0.269 e. The van der Waals surface area contributed by atoms with E-state index in [-0.39, 0.29) is 23.7 Å². The van der Waals surface area contributed by atoms with E-state index in [4.69, 9.17) is 0 Å². The topological polar surface area (TPSA) is 72.2 Å². The van der Waals surface area contributed by atoms with Crippen molar-refractivity contribution in [1.29, 1.82) is 0 Å². The Morgan fingerprint density at radius 1 is 0.963 bits per heavy atom. The van der Waals surface area contributed by atoms with Crippen molar-refractivity contribution in [3.05, 3.63) is 106 Å². The van der Waals surface area contributed by atoms with Gasteiger partial charge in [-0.2, -0.15) is 0 Å². The van der Waals surface area contributed by atoms with Crippen LogP contribution in [0.25, 0.3) is 0 Å². The molecule has 0 heterocycles. The van der Waals surface area contributed by atoms with E-state index < -0.39 is 11.0 Å². The van der Waals surface area contributed by atoms with Crippen molar-refractivity contribution in [2.75, 3.05) is 5.32 Å². The van der Waals surface area contributed by atoms with Gasteiger partial charge in [0.15, 0.2) is 5.78 Å². The highest BCUT2D eigenvalue weighted by Gasteiger charge is 2.18. The molecule has 0 aliphatic heterocycles. The van der Waals surface area contributed by atoms with Gasteiger partial charge in [0.25, 0.3) is 5.69 Å². The minimum absolute atomic E-state index is 0.0198. The molecule has 0 fully saturated rings. The third kappa shape index (κ3) is 4.76. The first-order valence-corrected chi connectivity index (χ1v) is 8.37. The second kappa shape index (κ2) is 8.23. The largest absolute Gasteiger partial charge is 0.378 e. The van der Waals surface area contributed by atoms with Gasteiger partial charge in [-0.3, -0.25) is 14.9 Å². The number of nitro benzene ring substituents is 1. The molecule has 3 rings (SSSR count). The fourth-order valence-corrected chi connectivity index (χ4v) is 2.76. The van der Waals surface area contributed by atoms with E-state index in [1.165, 1.54) is 24.3 Å². The maximum atomic E-state index is 13.2. The van der Waals surface area contributed by atoms with Gasteiger partial charge in [0, 0.05) is 29.8 Å². The molecule has 1 unspecified atom stereocenters. The molecule has 6 heteroatoms. The molecule has 0 bridgehead atoms. The first-order valence-electron chi connectivity index (χ1n) is 8.37. The van der Waals surface area contributed by atoms with Crippen LogP contribution in [0.15, 0.2) is 78.9 Å². The number of hydrogen-bond acceptors (Lipinski definition) is 4. The van der Waals surface area contributed by atoms with Crippen molar-refractivity contribution >= 4 is 17.2 Å². The normalized spacial score (nSPS) is 11.6. The van der Waals surface area contributed by atoms with Crippen LogP contribution in [-0.4, -0.2) is 10.7 Å². The van der Waals surface area contributed by atoms with E-state index in [1.54, 1.807) is 48.5 Å². The highest BCUT2D eigenvalue weighted by molar-refractivity contribution is 5.96. The molecule has 0 radical (unpaired) electrons. The number of nitro groups is 1. The van der Waals surface area contributed by atoms with Crippen LogP contribution in [0.4, 0.5) is 15.8 Å². The van der Waals surface area contributed by atoms with E-state index in [9.17, 15) is 19.3 Å². The second-order valence-electron chi connectivity index (χ2n) is 6.05. The van der Waals surface area contributed by atoms with Gasteiger partial charge in [-0.25, -0.2) is 4.39 Å². The summed E-state index contributed by atoms with van der Waals surface area (Å²) in [4.78, 5) is 23.0. The van der Waals surface area contributed by atoms with Gasteiger partial charge in [-0.1, -0.05) is 42.5 Å². The van der Waals surface area contributed by atoms with Gasteiger partial charge in [-0.15, -0.1) is 0 Å². The summed E-state index contributed by atoms with van der Waals surface area (Å²) in [7, 11) is 0. The first-order chi connectivity index (χ1) is 13.0. The number of nitrogens with one attached hydrogen (secondary N) is 1. The van der Waals surface area contributed by atoms with Gasteiger partial charge in [-0.05, 0) is 29.8 Å². The maximum Gasteiger partial charge on any atom is 0.269 e. The predicted molar refractivity (Wildman–Crippen MR) is 101 cm³/mol. The Balaban J connectivity index is 1.86. The third-order valence-corrected chi connectivity index (χ3v) is 4.18. The molecule has 136 valence electrons. The summed E-state index contributed by atoms with van der Waals surface area (Å²) < 4.78 is 13.2. The summed E-state index contributed by atoms with van der Waals surface area (Å²) in [5, 5.41) is 14.1. The number of halogens is 1. The number of carbonyl (C=O) groups is 1. The lowest BCUT2D eigenvalue weighted by Crippen LogP contribution is -2.16. The van der Waals surface area contributed by atoms with Crippen LogP contribution in [0.5, 0.6) is 0 Å². The Bertz CT molecular complexity index is 926. The van der Waals surface area contributed by atoms with Crippen molar-refractivity contribution in [3.63, 3.8) is 0 Å². The Hall–Kier alpha value is -3.54. The minimum Gasteiger partial charge on any atom is -0.378 e. The third-order valence-electron chi connectivity index (χ3n) is 4.18. The highest BCUT2D eigenvalue weighted by Crippen LogP contribution is 2.26. The quantitative estimate of drug-likeness (QED) is 0.357. The molecule has 0 aliphatic rings. The average Bonchev–Trinajstić information content (AvgIpc) is 2.70. The number of rotatable bonds is 7. The summed E-state index contributed by atoms with van der Waals surface area (Å²) >= 11 is 0. The van der Waals surface area contributed by atoms with E-state index in [0.717, 1.165) is 5.56 Å². The van der Waals surface area contributed by atoms with Crippen LogP contribution in [0.3, 0.4) is 0 Å². The SMILES string of the molecule is O=C(CC(Nc1ccc(F)cc1)c1ccc([N+](=O)[O-])cc1)c1ccccc1. The molecule has 0 spiro atoms. The Kier molecular flexibility index (Phi) is 5.56. The number of hydrogen-bond donors (Lipinski definition) is 1. The summed E-state index contributed by atoms with van der Waals surface area (Å²) in [6.07, 6.45) is 0.152. The lowest BCUT2D eigenvalue weighted by molar-refractivity contribution is -0.384. The van der Waals surface area contributed by atoms with Crippen LogP contribution in [-0.2, 0) is 0 Å². The van der Waals surface area contributed by atoms with Crippen molar-refractivity contribution < 1.29 is 14.1 Å². The molecule has 5 nitrogen and oxygen atoms in total. The first kappa shape index (κ1) is 18.3. The van der Waals surface area contributed by atoms with Crippen molar-refractivity contribution in [2.45, 2.75) is 12.5 Å². The molecule has 0 amide bonds. The molecule has 0 aliphatic carbocycles. The number of benzene rings is 3. The van der Waals surface area contributed by atoms with Crippen LogP contribution in [0, 0.1) is 15.9 Å². The fourth-order valence-electron chi connectivity index (χ4n) is 2.76. The molecule has 0 aromatic heterocycles. The summed E-state index contributed by atoms with van der Waals surface area (Å²) in [6, 6.07) is 20.4. The number of ketones is 1. The van der Waals surface area contributed by atoms with Crippen LogP contribution < -0.4 is 5.32 Å². The summed E-state index contributed by atoms with van der Waals surface area (Å²) in [6.45, 7) is 0. The number of non-ortho nitro benzene ring substituents is 1.